The highest BCUT2D eigenvalue weighted by Gasteiger charge is 2.14. The smallest absolute Gasteiger partial charge is 0.304 e. The van der Waals surface area contributed by atoms with Crippen LogP contribution in [0.4, 0.5) is 0 Å². The van der Waals surface area contributed by atoms with Gasteiger partial charge in [-0.2, -0.15) is 0 Å². The number of aliphatic carboxylic acids is 1. The number of nitrogens with zero attached hydrogens (tertiary/aromatic N) is 2. The van der Waals surface area contributed by atoms with Gasteiger partial charge in [0.1, 0.15) is 0 Å². The van der Waals surface area contributed by atoms with Crippen molar-refractivity contribution in [2.75, 3.05) is 0 Å². The van der Waals surface area contributed by atoms with E-state index in [1.807, 2.05) is 24.4 Å². The maximum atomic E-state index is 10.6. The number of pyridine rings is 1. The molecule has 0 aliphatic carbocycles. The first-order chi connectivity index (χ1) is 8.16. The standard InChI is InChI=1S/C12H12N2O2S/c1-8(5-11(15)16)12-14-10(7-17-12)9-3-2-4-13-6-9/h2-4,6-8H,5H2,1H3,(H,15,16). The quantitative estimate of drug-likeness (QED) is 0.903. The van der Waals surface area contributed by atoms with Gasteiger partial charge in [-0.3, -0.25) is 9.78 Å². The van der Waals surface area contributed by atoms with E-state index < -0.39 is 5.97 Å². The lowest BCUT2D eigenvalue weighted by molar-refractivity contribution is -0.137. The van der Waals surface area contributed by atoms with Crippen LogP contribution in [0.25, 0.3) is 11.3 Å². The van der Waals surface area contributed by atoms with Crippen LogP contribution in [0.1, 0.15) is 24.3 Å². The average molecular weight is 248 g/mol. The lowest BCUT2D eigenvalue weighted by Gasteiger charge is -2.03. The van der Waals surface area contributed by atoms with Crippen molar-refractivity contribution in [3.8, 4) is 11.3 Å². The third kappa shape index (κ3) is 2.88. The lowest BCUT2D eigenvalue weighted by atomic mass is 10.1. The van der Waals surface area contributed by atoms with Gasteiger partial charge in [0.25, 0.3) is 0 Å². The average Bonchev–Trinajstić information content (AvgIpc) is 2.78. The SMILES string of the molecule is CC(CC(=O)O)c1nc(-c2cccnc2)cs1. The molecule has 0 bridgehead atoms. The Balaban J connectivity index is 2.19. The topological polar surface area (TPSA) is 63.1 Å². The lowest BCUT2D eigenvalue weighted by Crippen LogP contribution is -2.02. The van der Waals surface area contributed by atoms with E-state index in [1.54, 1.807) is 12.4 Å². The number of hydrogen-bond donors (Lipinski definition) is 1. The van der Waals surface area contributed by atoms with Gasteiger partial charge < -0.3 is 5.11 Å². The highest BCUT2D eigenvalue weighted by atomic mass is 32.1. The number of carbonyl (C=O) groups is 1. The molecule has 0 saturated heterocycles. The fraction of sp³-hybridized carbons (Fsp3) is 0.250. The molecule has 1 unspecified atom stereocenters. The molecule has 2 heterocycles. The molecule has 0 spiro atoms. The number of carboxylic acid groups (broad SMARTS) is 1. The zero-order valence-corrected chi connectivity index (χ0v) is 10.1. The first-order valence-electron chi connectivity index (χ1n) is 5.24. The number of rotatable bonds is 4. The van der Waals surface area contributed by atoms with Crippen LogP contribution in [-0.4, -0.2) is 21.0 Å². The predicted molar refractivity (Wildman–Crippen MR) is 66.0 cm³/mol. The van der Waals surface area contributed by atoms with Crippen LogP contribution in [0.5, 0.6) is 0 Å². The van der Waals surface area contributed by atoms with Crippen molar-refractivity contribution in [2.24, 2.45) is 0 Å². The molecule has 88 valence electrons. The summed E-state index contributed by atoms with van der Waals surface area (Å²) in [5, 5.41) is 11.5. The Labute approximate surface area is 103 Å². The van der Waals surface area contributed by atoms with Gasteiger partial charge in [-0.05, 0) is 12.1 Å². The van der Waals surface area contributed by atoms with E-state index in [0.717, 1.165) is 16.3 Å². The van der Waals surface area contributed by atoms with Gasteiger partial charge in [0.2, 0.25) is 0 Å². The first kappa shape index (κ1) is 11.7. The van der Waals surface area contributed by atoms with Gasteiger partial charge in [0.15, 0.2) is 0 Å². The van der Waals surface area contributed by atoms with Crippen molar-refractivity contribution < 1.29 is 9.90 Å². The molecule has 0 saturated carbocycles. The van der Waals surface area contributed by atoms with Crippen molar-refractivity contribution in [1.29, 1.82) is 0 Å². The van der Waals surface area contributed by atoms with Crippen molar-refractivity contribution in [2.45, 2.75) is 19.3 Å². The van der Waals surface area contributed by atoms with Gasteiger partial charge >= 0.3 is 5.97 Å². The van der Waals surface area contributed by atoms with E-state index in [9.17, 15) is 4.79 Å². The summed E-state index contributed by atoms with van der Waals surface area (Å²) >= 11 is 1.49. The van der Waals surface area contributed by atoms with Crippen molar-refractivity contribution in [3.63, 3.8) is 0 Å². The molecular weight excluding hydrogens is 236 g/mol. The molecule has 0 fully saturated rings. The molecule has 2 rings (SSSR count). The minimum Gasteiger partial charge on any atom is -0.481 e. The van der Waals surface area contributed by atoms with E-state index >= 15 is 0 Å². The Morgan fingerprint density at radius 1 is 1.59 bits per heavy atom. The van der Waals surface area contributed by atoms with E-state index in [-0.39, 0.29) is 12.3 Å². The molecule has 2 aromatic rings. The Bertz CT molecular complexity index is 510. The molecule has 0 radical (unpaired) electrons. The van der Waals surface area contributed by atoms with Crippen LogP contribution in [0.15, 0.2) is 29.9 Å². The summed E-state index contributed by atoms with van der Waals surface area (Å²) in [5.41, 5.74) is 1.81. The Kier molecular flexibility index (Phi) is 3.49. The highest BCUT2D eigenvalue weighted by Crippen LogP contribution is 2.27. The Morgan fingerprint density at radius 3 is 3.06 bits per heavy atom. The van der Waals surface area contributed by atoms with Gasteiger partial charge in [0, 0.05) is 29.3 Å². The van der Waals surface area contributed by atoms with Gasteiger partial charge in [-0.25, -0.2) is 4.98 Å². The summed E-state index contributed by atoms with van der Waals surface area (Å²) in [6.07, 6.45) is 3.57. The number of aromatic nitrogens is 2. The zero-order chi connectivity index (χ0) is 12.3. The molecule has 17 heavy (non-hydrogen) atoms. The maximum absolute atomic E-state index is 10.6. The molecule has 4 nitrogen and oxygen atoms in total. The molecule has 2 aromatic heterocycles. The summed E-state index contributed by atoms with van der Waals surface area (Å²) in [7, 11) is 0. The molecule has 0 amide bonds. The molecule has 1 atom stereocenters. The summed E-state index contributed by atoms with van der Waals surface area (Å²) in [5.74, 6) is -0.849. The predicted octanol–water partition coefficient (Wildman–Crippen LogP) is 2.78. The highest BCUT2D eigenvalue weighted by molar-refractivity contribution is 7.10. The zero-order valence-electron chi connectivity index (χ0n) is 9.33. The first-order valence-corrected chi connectivity index (χ1v) is 6.12. The van der Waals surface area contributed by atoms with E-state index in [0.29, 0.717) is 0 Å². The second-order valence-electron chi connectivity index (χ2n) is 3.81. The van der Waals surface area contributed by atoms with Crippen molar-refractivity contribution in [1.82, 2.24) is 9.97 Å². The van der Waals surface area contributed by atoms with E-state index in [4.69, 9.17) is 5.11 Å². The molecular formula is C12H12N2O2S. The van der Waals surface area contributed by atoms with Crippen LogP contribution in [0.2, 0.25) is 0 Å². The van der Waals surface area contributed by atoms with Crippen molar-refractivity contribution >= 4 is 17.3 Å². The second-order valence-corrected chi connectivity index (χ2v) is 4.70. The summed E-state index contributed by atoms with van der Waals surface area (Å²) < 4.78 is 0. The van der Waals surface area contributed by atoms with Crippen LogP contribution in [0, 0.1) is 0 Å². The third-order valence-corrected chi connectivity index (χ3v) is 3.46. The minimum atomic E-state index is -0.796. The molecule has 0 aliphatic heterocycles. The second kappa shape index (κ2) is 5.05. The largest absolute Gasteiger partial charge is 0.481 e. The van der Waals surface area contributed by atoms with Gasteiger partial charge in [-0.15, -0.1) is 11.3 Å². The van der Waals surface area contributed by atoms with Crippen molar-refractivity contribution in [3.05, 3.63) is 34.9 Å². The molecule has 1 N–H and O–H groups in total. The minimum absolute atomic E-state index is 0.0529. The van der Waals surface area contributed by atoms with Gasteiger partial charge in [-0.1, -0.05) is 6.92 Å². The summed E-state index contributed by atoms with van der Waals surface area (Å²) in [6, 6.07) is 3.79. The van der Waals surface area contributed by atoms with E-state index in [1.165, 1.54) is 11.3 Å². The van der Waals surface area contributed by atoms with Crippen LogP contribution < -0.4 is 0 Å². The Hall–Kier alpha value is -1.75. The van der Waals surface area contributed by atoms with Crippen LogP contribution in [0.3, 0.4) is 0 Å². The normalized spacial score (nSPS) is 12.3. The number of carboxylic acids is 1. The summed E-state index contributed by atoms with van der Waals surface area (Å²) in [6.45, 7) is 1.87. The third-order valence-electron chi connectivity index (χ3n) is 2.38. The summed E-state index contributed by atoms with van der Waals surface area (Å²) in [4.78, 5) is 19.1. The van der Waals surface area contributed by atoms with Gasteiger partial charge in [0.05, 0.1) is 17.1 Å². The van der Waals surface area contributed by atoms with Crippen LogP contribution in [-0.2, 0) is 4.79 Å². The fourth-order valence-electron chi connectivity index (χ4n) is 1.51. The number of hydrogen-bond acceptors (Lipinski definition) is 4. The molecule has 0 aromatic carbocycles. The molecule has 0 aliphatic rings. The molecule has 5 heteroatoms. The van der Waals surface area contributed by atoms with Crippen LogP contribution >= 0.6 is 11.3 Å². The van der Waals surface area contributed by atoms with E-state index in [2.05, 4.69) is 9.97 Å². The monoisotopic (exact) mass is 248 g/mol. The maximum Gasteiger partial charge on any atom is 0.304 e. The number of thiazole rings is 1. The Morgan fingerprint density at radius 2 is 2.41 bits per heavy atom. The fourth-order valence-corrected chi connectivity index (χ4v) is 2.40.